The van der Waals surface area contributed by atoms with Gasteiger partial charge < -0.3 is 14.7 Å². The molecule has 0 aromatic heterocycles. The maximum absolute atomic E-state index is 9.34. The van der Waals surface area contributed by atoms with E-state index in [2.05, 4.69) is 0 Å². The van der Waals surface area contributed by atoms with Crippen molar-refractivity contribution < 1.29 is 14.7 Å². The number of quaternary nitrogens is 1. The summed E-state index contributed by atoms with van der Waals surface area (Å²) in [5, 5.41) is 18.7. The third-order valence-electron chi connectivity index (χ3n) is 3.07. The molecule has 3 heteroatoms. The van der Waals surface area contributed by atoms with Crippen LogP contribution in [0.15, 0.2) is 0 Å². The number of rotatable bonds is 0. The van der Waals surface area contributed by atoms with Crippen LogP contribution in [-0.4, -0.2) is 53.1 Å². The Hall–Kier alpha value is -0.120. The highest BCUT2D eigenvalue weighted by Crippen LogP contribution is 2.26. The van der Waals surface area contributed by atoms with Gasteiger partial charge in [-0.1, -0.05) is 0 Å². The molecule has 2 heterocycles. The first-order chi connectivity index (χ1) is 5.20. The van der Waals surface area contributed by atoms with Gasteiger partial charge in [0.15, 0.2) is 0 Å². The molecule has 11 heavy (non-hydrogen) atoms. The van der Waals surface area contributed by atoms with Crippen LogP contribution in [-0.2, 0) is 0 Å². The van der Waals surface area contributed by atoms with Crippen LogP contribution in [0.3, 0.4) is 0 Å². The molecule has 2 unspecified atom stereocenters. The van der Waals surface area contributed by atoms with Crippen LogP contribution in [0.2, 0.25) is 0 Å². The summed E-state index contributed by atoms with van der Waals surface area (Å²) in [5.74, 6) is 0. The SMILES string of the molecule is OC1CC[N+]2(CCC(O)C2)C1. The molecule has 3 nitrogen and oxygen atoms in total. The lowest BCUT2D eigenvalue weighted by molar-refractivity contribution is -0.907. The number of aliphatic hydroxyl groups is 2. The smallest absolute Gasteiger partial charge is 0.108 e. The zero-order chi connectivity index (χ0) is 7.90. The highest BCUT2D eigenvalue weighted by Gasteiger charge is 2.43. The average molecular weight is 158 g/mol. The Kier molecular flexibility index (Phi) is 1.67. The normalized spacial score (nSPS) is 50.7. The molecule has 0 amide bonds. The van der Waals surface area contributed by atoms with Crippen LogP contribution in [0.5, 0.6) is 0 Å². The van der Waals surface area contributed by atoms with E-state index in [1.165, 1.54) is 0 Å². The standard InChI is InChI=1S/C8H16NO2/c10-7-1-3-9(5-7)4-2-8(11)6-9/h7-8,10-11H,1-6H2/q+1. The molecular weight excluding hydrogens is 142 g/mol. The van der Waals surface area contributed by atoms with Crippen molar-refractivity contribution in [1.82, 2.24) is 0 Å². The van der Waals surface area contributed by atoms with Crippen LogP contribution in [0.4, 0.5) is 0 Å². The Balaban J connectivity index is 2.02. The minimum Gasteiger partial charge on any atom is -0.387 e. The highest BCUT2D eigenvalue weighted by molar-refractivity contribution is 4.72. The summed E-state index contributed by atoms with van der Waals surface area (Å²) >= 11 is 0. The monoisotopic (exact) mass is 158 g/mol. The van der Waals surface area contributed by atoms with E-state index in [1.807, 2.05) is 0 Å². The number of aliphatic hydroxyl groups excluding tert-OH is 2. The fourth-order valence-corrected chi connectivity index (χ4v) is 2.47. The molecule has 2 saturated heterocycles. The second kappa shape index (κ2) is 2.44. The predicted molar refractivity (Wildman–Crippen MR) is 41.0 cm³/mol. The van der Waals surface area contributed by atoms with Crippen molar-refractivity contribution in [3.05, 3.63) is 0 Å². The first-order valence-corrected chi connectivity index (χ1v) is 4.41. The largest absolute Gasteiger partial charge is 0.387 e. The van der Waals surface area contributed by atoms with Crippen molar-refractivity contribution in [2.75, 3.05) is 26.2 Å². The predicted octanol–water partition coefficient (Wildman–Crippen LogP) is -0.668. The van der Waals surface area contributed by atoms with Crippen molar-refractivity contribution >= 4 is 0 Å². The Morgan fingerprint density at radius 2 is 1.36 bits per heavy atom. The molecule has 0 radical (unpaired) electrons. The first kappa shape index (κ1) is 7.53. The summed E-state index contributed by atoms with van der Waals surface area (Å²) in [7, 11) is 0. The van der Waals surface area contributed by atoms with Gasteiger partial charge in [0.2, 0.25) is 0 Å². The fourth-order valence-electron chi connectivity index (χ4n) is 2.47. The van der Waals surface area contributed by atoms with Crippen molar-refractivity contribution in [2.45, 2.75) is 25.0 Å². The Bertz CT molecular complexity index is 142. The van der Waals surface area contributed by atoms with Crippen molar-refractivity contribution in [3.63, 3.8) is 0 Å². The topological polar surface area (TPSA) is 40.5 Å². The fraction of sp³-hybridized carbons (Fsp3) is 1.00. The quantitative estimate of drug-likeness (QED) is 0.459. The van der Waals surface area contributed by atoms with Gasteiger partial charge in [-0.2, -0.15) is 0 Å². The highest BCUT2D eigenvalue weighted by atomic mass is 16.3. The van der Waals surface area contributed by atoms with Gasteiger partial charge in [0.05, 0.1) is 13.1 Å². The third kappa shape index (κ3) is 1.28. The first-order valence-electron chi connectivity index (χ1n) is 4.41. The van der Waals surface area contributed by atoms with E-state index in [0.717, 1.165) is 43.5 Å². The van der Waals surface area contributed by atoms with E-state index in [0.29, 0.717) is 0 Å². The molecule has 2 aliphatic heterocycles. The van der Waals surface area contributed by atoms with Crippen molar-refractivity contribution in [3.8, 4) is 0 Å². The molecule has 2 aliphatic rings. The third-order valence-corrected chi connectivity index (χ3v) is 3.07. The molecular formula is C8H16NO2+. The van der Waals surface area contributed by atoms with Crippen LogP contribution in [0, 0.1) is 0 Å². The van der Waals surface area contributed by atoms with E-state index >= 15 is 0 Å². The lowest BCUT2D eigenvalue weighted by Crippen LogP contribution is -2.44. The summed E-state index contributed by atoms with van der Waals surface area (Å²) in [4.78, 5) is 0. The summed E-state index contributed by atoms with van der Waals surface area (Å²) in [6.45, 7) is 3.88. The van der Waals surface area contributed by atoms with Crippen LogP contribution >= 0.6 is 0 Å². The maximum atomic E-state index is 9.34. The van der Waals surface area contributed by atoms with Crippen LogP contribution in [0.1, 0.15) is 12.8 Å². The van der Waals surface area contributed by atoms with Gasteiger partial charge in [-0.05, 0) is 0 Å². The molecule has 2 fully saturated rings. The lowest BCUT2D eigenvalue weighted by atomic mass is 10.3. The number of hydrogen-bond acceptors (Lipinski definition) is 2. The molecule has 1 spiro atoms. The summed E-state index contributed by atoms with van der Waals surface area (Å²) in [5.41, 5.74) is 0. The van der Waals surface area contributed by atoms with E-state index in [4.69, 9.17) is 0 Å². The molecule has 2 rings (SSSR count). The lowest BCUT2D eigenvalue weighted by Gasteiger charge is -2.28. The van der Waals surface area contributed by atoms with Gasteiger partial charge in [-0.3, -0.25) is 0 Å². The van der Waals surface area contributed by atoms with Crippen LogP contribution < -0.4 is 0 Å². The zero-order valence-corrected chi connectivity index (χ0v) is 6.74. The van der Waals surface area contributed by atoms with Gasteiger partial charge in [0.1, 0.15) is 25.3 Å². The maximum Gasteiger partial charge on any atom is 0.108 e. The summed E-state index contributed by atoms with van der Waals surface area (Å²) in [6.07, 6.45) is 1.62. The average Bonchev–Trinajstić information content (AvgIpc) is 2.44. The van der Waals surface area contributed by atoms with Gasteiger partial charge in [-0.25, -0.2) is 0 Å². The molecule has 0 bridgehead atoms. The molecule has 2 atom stereocenters. The Labute approximate surface area is 66.8 Å². The number of hydrogen-bond donors (Lipinski definition) is 2. The molecule has 0 saturated carbocycles. The van der Waals surface area contributed by atoms with Gasteiger partial charge >= 0.3 is 0 Å². The molecule has 0 aliphatic carbocycles. The minimum absolute atomic E-state index is 0.111. The van der Waals surface area contributed by atoms with E-state index in [-0.39, 0.29) is 12.2 Å². The van der Waals surface area contributed by atoms with E-state index in [9.17, 15) is 10.2 Å². The summed E-state index contributed by atoms with van der Waals surface area (Å²) < 4.78 is 0.975. The van der Waals surface area contributed by atoms with Gasteiger partial charge in [0.25, 0.3) is 0 Å². The Morgan fingerprint density at radius 3 is 1.64 bits per heavy atom. The zero-order valence-electron chi connectivity index (χ0n) is 6.74. The second-order valence-electron chi connectivity index (χ2n) is 4.04. The molecule has 0 aromatic carbocycles. The van der Waals surface area contributed by atoms with E-state index in [1.54, 1.807) is 0 Å². The minimum atomic E-state index is -0.111. The van der Waals surface area contributed by atoms with Gasteiger partial charge in [-0.15, -0.1) is 0 Å². The second-order valence-corrected chi connectivity index (χ2v) is 4.04. The molecule has 64 valence electrons. The van der Waals surface area contributed by atoms with Gasteiger partial charge in [0, 0.05) is 12.8 Å². The molecule has 0 aromatic rings. The summed E-state index contributed by atoms with van der Waals surface area (Å²) in [6, 6.07) is 0. The number of nitrogens with zero attached hydrogens (tertiary/aromatic N) is 1. The van der Waals surface area contributed by atoms with Crippen molar-refractivity contribution in [1.29, 1.82) is 0 Å². The van der Waals surface area contributed by atoms with Crippen LogP contribution in [0.25, 0.3) is 0 Å². The Morgan fingerprint density at radius 1 is 0.909 bits per heavy atom. The van der Waals surface area contributed by atoms with E-state index < -0.39 is 0 Å². The van der Waals surface area contributed by atoms with Crippen molar-refractivity contribution in [2.24, 2.45) is 0 Å². The molecule has 2 N–H and O–H groups in total.